The van der Waals surface area contributed by atoms with Crippen molar-refractivity contribution in [1.29, 1.82) is 0 Å². The molecule has 2 heterocycles. The van der Waals surface area contributed by atoms with Gasteiger partial charge in [0.2, 0.25) is 0 Å². The molecular formula is C10H16O2. The summed E-state index contributed by atoms with van der Waals surface area (Å²) in [6, 6.07) is 0. The molecule has 0 radical (unpaired) electrons. The Bertz CT molecular complexity index is 176. The second kappa shape index (κ2) is 3.19. The first-order valence-electron chi connectivity index (χ1n) is 4.74. The third-order valence-corrected chi connectivity index (χ3v) is 3.00. The summed E-state index contributed by atoms with van der Waals surface area (Å²) in [4.78, 5) is 0. The first-order valence-corrected chi connectivity index (χ1v) is 4.74. The van der Waals surface area contributed by atoms with Crippen molar-refractivity contribution in [2.75, 3.05) is 13.2 Å². The largest absolute Gasteiger partial charge is 0.375 e. The predicted molar refractivity (Wildman–Crippen MR) is 47.1 cm³/mol. The van der Waals surface area contributed by atoms with Crippen molar-refractivity contribution in [2.45, 2.75) is 37.9 Å². The van der Waals surface area contributed by atoms with Gasteiger partial charge < -0.3 is 9.47 Å². The van der Waals surface area contributed by atoms with Gasteiger partial charge in [-0.25, -0.2) is 0 Å². The summed E-state index contributed by atoms with van der Waals surface area (Å²) in [5.74, 6) is 0. The van der Waals surface area contributed by atoms with Crippen LogP contribution in [0.15, 0.2) is 12.2 Å². The summed E-state index contributed by atoms with van der Waals surface area (Å²) in [7, 11) is 0. The third kappa shape index (κ3) is 1.29. The van der Waals surface area contributed by atoms with Gasteiger partial charge in [-0.3, -0.25) is 0 Å². The number of ether oxygens (including phenoxy) is 2. The van der Waals surface area contributed by atoms with E-state index in [0.717, 1.165) is 32.5 Å². The molecule has 0 aromatic heterocycles. The van der Waals surface area contributed by atoms with Crippen molar-refractivity contribution in [3.8, 4) is 0 Å². The molecule has 1 spiro atoms. The van der Waals surface area contributed by atoms with E-state index in [0.29, 0.717) is 0 Å². The fourth-order valence-corrected chi connectivity index (χ4v) is 2.08. The number of rotatable bonds is 0. The molecule has 1 saturated heterocycles. The van der Waals surface area contributed by atoms with E-state index in [4.69, 9.17) is 9.47 Å². The molecule has 12 heavy (non-hydrogen) atoms. The van der Waals surface area contributed by atoms with E-state index in [9.17, 15) is 0 Å². The van der Waals surface area contributed by atoms with Crippen LogP contribution in [0.2, 0.25) is 0 Å². The van der Waals surface area contributed by atoms with Gasteiger partial charge in [-0.15, -0.1) is 0 Å². The molecule has 2 aliphatic rings. The predicted octanol–water partition coefficient (Wildman–Crippen LogP) is 1.90. The third-order valence-electron chi connectivity index (χ3n) is 3.00. The molecule has 0 aromatic rings. The highest BCUT2D eigenvalue weighted by Crippen LogP contribution is 2.35. The SMILES string of the molecule is C[C@@H]1OCC[C@]12CCC=CCO2. The maximum absolute atomic E-state index is 5.85. The maximum atomic E-state index is 5.85. The second-order valence-electron chi connectivity index (χ2n) is 3.65. The summed E-state index contributed by atoms with van der Waals surface area (Å²) >= 11 is 0. The van der Waals surface area contributed by atoms with Gasteiger partial charge in [0, 0.05) is 13.0 Å². The van der Waals surface area contributed by atoms with Crippen LogP contribution in [0.3, 0.4) is 0 Å². The monoisotopic (exact) mass is 168 g/mol. The van der Waals surface area contributed by atoms with Crippen LogP contribution < -0.4 is 0 Å². The Kier molecular flexibility index (Phi) is 2.20. The molecule has 0 amide bonds. The molecule has 68 valence electrons. The van der Waals surface area contributed by atoms with Crippen LogP contribution >= 0.6 is 0 Å². The quantitative estimate of drug-likeness (QED) is 0.514. The number of hydrogen-bond donors (Lipinski definition) is 0. The standard InChI is InChI=1S/C10H16O2/c1-9-10(6-8-11-9)5-3-2-4-7-12-10/h2,4,9H,3,5-8H2,1H3/t9-,10+/m0/s1. The average molecular weight is 168 g/mol. The van der Waals surface area contributed by atoms with E-state index in [1.54, 1.807) is 0 Å². The lowest BCUT2D eigenvalue weighted by Crippen LogP contribution is -2.38. The molecule has 2 rings (SSSR count). The van der Waals surface area contributed by atoms with E-state index in [-0.39, 0.29) is 11.7 Å². The summed E-state index contributed by atoms with van der Waals surface area (Å²) in [6.45, 7) is 3.74. The van der Waals surface area contributed by atoms with Crippen molar-refractivity contribution in [3.05, 3.63) is 12.2 Å². The van der Waals surface area contributed by atoms with Crippen LogP contribution in [-0.2, 0) is 9.47 Å². The van der Waals surface area contributed by atoms with E-state index in [1.165, 1.54) is 0 Å². The van der Waals surface area contributed by atoms with E-state index < -0.39 is 0 Å². The molecule has 1 fully saturated rings. The molecule has 2 aliphatic heterocycles. The van der Waals surface area contributed by atoms with E-state index >= 15 is 0 Å². The minimum Gasteiger partial charge on any atom is -0.375 e. The highest BCUT2D eigenvalue weighted by molar-refractivity contribution is 4.98. The Morgan fingerprint density at radius 2 is 2.25 bits per heavy atom. The van der Waals surface area contributed by atoms with Crippen LogP contribution in [0.1, 0.15) is 26.2 Å². The van der Waals surface area contributed by atoms with Gasteiger partial charge in [0.1, 0.15) is 0 Å². The van der Waals surface area contributed by atoms with Crippen LogP contribution in [0.5, 0.6) is 0 Å². The lowest BCUT2D eigenvalue weighted by molar-refractivity contribution is -0.0764. The van der Waals surface area contributed by atoms with Crippen LogP contribution in [0, 0.1) is 0 Å². The highest BCUT2D eigenvalue weighted by Gasteiger charge is 2.42. The van der Waals surface area contributed by atoms with Gasteiger partial charge >= 0.3 is 0 Å². The van der Waals surface area contributed by atoms with Crippen molar-refractivity contribution >= 4 is 0 Å². The minimum absolute atomic E-state index is 0.0312. The van der Waals surface area contributed by atoms with Gasteiger partial charge in [-0.2, -0.15) is 0 Å². The van der Waals surface area contributed by atoms with E-state index in [1.807, 2.05) is 0 Å². The van der Waals surface area contributed by atoms with Gasteiger partial charge in [0.15, 0.2) is 0 Å². The minimum atomic E-state index is 0.0312. The Balaban J connectivity index is 2.08. The topological polar surface area (TPSA) is 18.5 Å². The molecule has 0 aliphatic carbocycles. The smallest absolute Gasteiger partial charge is 0.0969 e. The fraction of sp³-hybridized carbons (Fsp3) is 0.800. The molecule has 0 unspecified atom stereocenters. The van der Waals surface area contributed by atoms with Gasteiger partial charge in [-0.1, -0.05) is 12.2 Å². The Hall–Kier alpha value is -0.340. The average Bonchev–Trinajstić information content (AvgIpc) is 2.33. The molecule has 2 nitrogen and oxygen atoms in total. The maximum Gasteiger partial charge on any atom is 0.0969 e. The second-order valence-corrected chi connectivity index (χ2v) is 3.65. The van der Waals surface area contributed by atoms with Crippen molar-refractivity contribution in [2.24, 2.45) is 0 Å². The van der Waals surface area contributed by atoms with Gasteiger partial charge in [0.25, 0.3) is 0 Å². The molecule has 0 N–H and O–H groups in total. The first kappa shape index (κ1) is 8.27. The van der Waals surface area contributed by atoms with Crippen LogP contribution in [0.25, 0.3) is 0 Å². The lowest BCUT2D eigenvalue weighted by atomic mass is 9.91. The normalized spacial score (nSPS) is 41.9. The van der Waals surface area contributed by atoms with Crippen molar-refractivity contribution in [1.82, 2.24) is 0 Å². The Labute approximate surface area is 73.5 Å². The summed E-state index contributed by atoms with van der Waals surface area (Å²) in [5, 5.41) is 0. The van der Waals surface area contributed by atoms with Gasteiger partial charge in [-0.05, 0) is 19.8 Å². The fourth-order valence-electron chi connectivity index (χ4n) is 2.08. The summed E-state index contributed by atoms with van der Waals surface area (Å²) < 4.78 is 11.4. The summed E-state index contributed by atoms with van der Waals surface area (Å²) in [5.41, 5.74) is 0.0312. The highest BCUT2D eigenvalue weighted by atomic mass is 16.6. The number of allylic oxidation sites excluding steroid dienone is 1. The zero-order valence-corrected chi connectivity index (χ0v) is 7.58. The molecule has 2 heteroatoms. The molecule has 0 aromatic carbocycles. The molecule has 0 saturated carbocycles. The first-order chi connectivity index (χ1) is 5.83. The van der Waals surface area contributed by atoms with E-state index in [2.05, 4.69) is 19.1 Å². The number of hydrogen-bond acceptors (Lipinski definition) is 2. The lowest BCUT2D eigenvalue weighted by Gasteiger charge is -2.30. The zero-order valence-electron chi connectivity index (χ0n) is 7.58. The molecule has 0 bridgehead atoms. The van der Waals surface area contributed by atoms with Crippen LogP contribution in [0.4, 0.5) is 0 Å². The molecule has 2 atom stereocenters. The zero-order chi connectivity index (χ0) is 8.44. The van der Waals surface area contributed by atoms with Crippen LogP contribution in [-0.4, -0.2) is 24.9 Å². The van der Waals surface area contributed by atoms with Crippen molar-refractivity contribution in [3.63, 3.8) is 0 Å². The Morgan fingerprint density at radius 3 is 3.00 bits per heavy atom. The van der Waals surface area contributed by atoms with Gasteiger partial charge in [0.05, 0.1) is 18.3 Å². The molecular weight excluding hydrogens is 152 g/mol. The summed E-state index contributed by atoms with van der Waals surface area (Å²) in [6.07, 6.45) is 7.91. The van der Waals surface area contributed by atoms with Crippen molar-refractivity contribution < 1.29 is 9.47 Å². The Morgan fingerprint density at radius 1 is 1.33 bits per heavy atom.